The van der Waals surface area contributed by atoms with Crippen LogP contribution in [-0.4, -0.2) is 34.7 Å². The molecule has 3 aliphatic rings. The van der Waals surface area contributed by atoms with E-state index in [1.807, 2.05) is 6.07 Å². The van der Waals surface area contributed by atoms with Crippen LogP contribution >= 0.6 is 0 Å². The summed E-state index contributed by atoms with van der Waals surface area (Å²) in [5.41, 5.74) is 5.15. The van der Waals surface area contributed by atoms with Gasteiger partial charge in [0.25, 0.3) is 0 Å². The van der Waals surface area contributed by atoms with Crippen molar-refractivity contribution >= 4 is 0 Å². The number of rotatable bonds is 3. The SMILES string of the molecule is COc1ccc2c(c1OC)C[NH+]1CCc3cc4c(c(OC)c3[C@@H]1C2)OCO4. The standard InChI is InChI=1S/C21H23NO5/c1-23-16-5-4-12-8-15-18-13(6-7-22(15)10-14(12)19(16)24-2)9-17-20(21(18)25-3)27-11-26-17/h4-5,9,15H,6-8,10-11H2,1-3H3/p+1/t15-/m0/s1. The number of quaternary nitrogens is 1. The minimum Gasteiger partial charge on any atom is -0.493 e. The Hall–Kier alpha value is -2.60. The van der Waals surface area contributed by atoms with Crippen molar-refractivity contribution in [1.29, 1.82) is 0 Å². The summed E-state index contributed by atoms with van der Waals surface area (Å²) in [6.45, 7) is 2.24. The van der Waals surface area contributed by atoms with E-state index in [1.165, 1.54) is 27.2 Å². The van der Waals surface area contributed by atoms with Gasteiger partial charge in [0.05, 0.1) is 39.0 Å². The van der Waals surface area contributed by atoms with Crippen LogP contribution in [0.3, 0.4) is 0 Å². The molecule has 27 heavy (non-hydrogen) atoms. The van der Waals surface area contributed by atoms with Crippen molar-refractivity contribution in [2.24, 2.45) is 0 Å². The molecule has 0 saturated heterocycles. The Bertz CT molecular complexity index is 910. The van der Waals surface area contributed by atoms with Gasteiger partial charge in [-0.2, -0.15) is 0 Å². The lowest BCUT2D eigenvalue weighted by molar-refractivity contribution is -0.949. The first-order chi connectivity index (χ1) is 13.2. The van der Waals surface area contributed by atoms with E-state index in [9.17, 15) is 0 Å². The second kappa shape index (κ2) is 6.23. The second-order valence-electron chi connectivity index (χ2n) is 7.25. The van der Waals surface area contributed by atoms with Crippen LogP contribution in [-0.2, 0) is 19.4 Å². The van der Waals surface area contributed by atoms with E-state index in [1.54, 1.807) is 21.3 Å². The molecular weight excluding hydrogens is 346 g/mol. The Kier molecular flexibility index (Phi) is 3.82. The summed E-state index contributed by atoms with van der Waals surface area (Å²) in [6, 6.07) is 6.65. The van der Waals surface area contributed by atoms with E-state index < -0.39 is 0 Å². The van der Waals surface area contributed by atoms with Gasteiger partial charge in [-0.05, 0) is 23.3 Å². The summed E-state index contributed by atoms with van der Waals surface area (Å²) >= 11 is 0. The Labute approximate surface area is 158 Å². The van der Waals surface area contributed by atoms with Gasteiger partial charge < -0.3 is 28.6 Å². The van der Waals surface area contributed by atoms with Gasteiger partial charge in [-0.25, -0.2) is 0 Å². The number of hydrogen-bond donors (Lipinski definition) is 1. The van der Waals surface area contributed by atoms with E-state index in [2.05, 4.69) is 12.1 Å². The van der Waals surface area contributed by atoms with Gasteiger partial charge in [0.1, 0.15) is 12.6 Å². The molecule has 6 heteroatoms. The van der Waals surface area contributed by atoms with Crippen LogP contribution in [0.2, 0.25) is 0 Å². The van der Waals surface area contributed by atoms with Gasteiger partial charge in [0.15, 0.2) is 23.0 Å². The van der Waals surface area contributed by atoms with Crippen LogP contribution < -0.4 is 28.6 Å². The lowest BCUT2D eigenvalue weighted by Crippen LogP contribution is -3.13. The third-order valence-corrected chi connectivity index (χ3v) is 6.08. The van der Waals surface area contributed by atoms with E-state index in [4.69, 9.17) is 23.7 Å². The highest BCUT2D eigenvalue weighted by Crippen LogP contribution is 2.48. The maximum atomic E-state index is 5.81. The maximum Gasteiger partial charge on any atom is 0.231 e. The molecule has 1 unspecified atom stereocenters. The van der Waals surface area contributed by atoms with Gasteiger partial charge >= 0.3 is 0 Å². The Morgan fingerprint density at radius 3 is 2.63 bits per heavy atom. The zero-order valence-corrected chi connectivity index (χ0v) is 15.9. The quantitative estimate of drug-likeness (QED) is 0.891. The lowest BCUT2D eigenvalue weighted by atomic mass is 9.83. The summed E-state index contributed by atoms with van der Waals surface area (Å²) in [6.07, 6.45) is 1.93. The third kappa shape index (κ3) is 2.36. The highest BCUT2D eigenvalue weighted by Gasteiger charge is 2.41. The van der Waals surface area contributed by atoms with Crippen molar-refractivity contribution < 1.29 is 28.6 Å². The first kappa shape index (κ1) is 16.6. The molecule has 0 saturated carbocycles. The predicted octanol–water partition coefficient (Wildman–Crippen LogP) is 1.68. The summed E-state index contributed by atoms with van der Waals surface area (Å²) in [5.74, 6) is 4.05. The van der Waals surface area contributed by atoms with E-state index in [0.717, 1.165) is 54.7 Å². The monoisotopic (exact) mass is 370 g/mol. The Balaban J connectivity index is 1.62. The van der Waals surface area contributed by atoms with Crippen LogP contribution in [0.1, 0.15) is 28.3 Å². The van der Waals surface area contributed by atoms with E-state index >= 15 is 0 Å². The number of hydrogen-bond acceptors (Lipinski definition) is 5. The first-order valence-electron chi connectivity index (χ1n) is 9.31. The van der Waals surface area contributed by atoms with Crippen LogP contribution in [0, 0.1) is 0 Å². The molecule has 2 aromatic carbocycles. The number of nitrogens with one attached hydrogen (secondary N) is 1. The zero-order valence-electron chi connectivity index (χ0n) is 15.9. The zero-order chi connectivity index (χ0) is 18.5. The minimum absolute atomic E-state index is 0.260. The van der Waals surface area contributed by atoms with Gasteiger partial charge in [0, 0.05) is 12.8 Å². The normalized spacial score (nSPS) is 21.7. The molecule has 0 spiro atoms. The van der Waals surface area contributed by atoms with Crippen LogP contribution in [0.25, 0.3) is 0 Å². The Morgan fingerprint density at radius 2 is 1.85 bits per heavy atom. The van der Waals surface area contributed by atoms with Gasteiger partial charge in [-0.1, -0.05) is 6.07 Å². The highest BCUT2D eigenvalue weighted by molar-refractivity contribution is 5.62. The van der Waals surface area contributed by atoms with Crippen molar-refractivity contribution in [3.8, 4) is 28.7 Å². The molecule has 0 bridgehead atoms. The molecule has 0 amide bonds. The van der Waals surface area contributed by atoms with Gasteiger partial charge in [-0.3, -0.25) is 0 Å². The smallest absolute Gasteiger partial charge is 0.231 e. The first-order valence-corrected chi connectivity index (χ1v) is 9.31. The molecule has 5 rings (SSSR count). The molecule has 3 aliphatic heterocycles. The average molecular weight is 370 g/mol. The topological polar surface area (TPSA) is 50.6 Å². The molecule has 0 fully saturated rings. The largest absolute Gasteiger partial charge is 0.493 e. The Morgan fingerprint density at radius 1 is 1.00 bits per heavy atom. The van der Waals surface area contributed by atoms with Crippen LogP contribution in [0.4, 0.5) is 0 Å². The fourth-order valence-corrected chi connectivity index (χ4v) is 4.86. The molecule has 0 radical (unpaired) electrons. The van der Waals surface area contributed by atoms with Crippen LogP contribution in [0.5, 0.6) is 28.7 Å². The van der Waals surface area contributed by atoms with Crippen molar-refractivity contribution in [3.63, 3.8) is 0 Å². The summed E-state index contributed by atoms with van der Waals surface area (Å²) < 4.78 is 28.3. The number of methoxy groups -OCH3 is 3. The molecule has 142 valence electrons. The fourth-order valence-electron chi connectivity index (χ4n) is 4.86. The highest BCUT2D eigenvalue weighted by atomic mass is 16.7. The summed E-state index contributed by atoms with van der Waals surface area (Å²) in [5, 5.41) is 0. The molecule has 2 atom stereocenters. The molecule has 6 nitrogen and oxygen atoms in total. The third-order valence-electron chi connectivity index (χ3n) is 6.08. The number of benzene rings is 2. The molecule has 3 heterocycles. The maximum absolute atomic E-state index is 5.81. The summed E-state index contributed by atoms with van der Waals surface area (Å²) in [4.78, 5) is 1.53. The van der Waals surface area contributed by atoms with Crippen molar-refractivity contribution in [2.45, 2.75) is 25.4 Å². The molecule has 0 aromatic heterocycles. The second-order valence-corrected chi connectivity index (χ2v) is 7.25. The lowest BCUT2D eigenvalue weighted by Gasteiger charge is -2.39. The molecule has 1 N–H and O–H groups in total. The number of fused-ring (bicyclic) bond motifs is 5. The predicted molar refractivity (Wildman–Crippen MR) is 98.3 cm³/mol. The van der Waals surface area contributed by atoms with Gasteiger partial charge in [0.2, 0.25) is 12.5 Å². The van der Waals surface area contributed by atoms with Crippen molar-refractivity contribution in [3.05, 3.63) is 40.5 Å². The number of ether oxygens (including phenoxy) is 5. The fraction of sp³-hybridized carbons (Fsp3) is 0.429. The van der Waals surface area contributed by atoms with Crippen molar-refractivity contribution in [2.75, 3.05) is 34.7 Å². The average Bonchev–Trinajstić information content (AvgIpc) is 3.17. The van der Waals surface area contributed by atoms with E-state index in [0.29, 0.717) is 6.04 Å². The summed E-state index contributed by atoms with van der Waals surface area (Å²) in [7, 11) is 5.12. The minimum atomic E-state index is 0.260. The van der Waals surface area contributed by atoms with Crippen LogP contribution in [0.15, 0.2) is 18.2 Å². The molecule has 0 aliphatic carbocycles. The van der Waals surface area contributed by atoms with Crippen molar-refractivity contribution in [1.82, 2.24) is 0 Å². The van der Waals surface area contributed by atoms with Gasteiger partial charge in [-0.15, -0.1) is 0 Å². The van der Waals surface area contributed by atoms with E-state index in [-0.39, 0.29) is 6.79 Å². The molecular formula is C21H24NO5+. The molecule has 2 aromatic rings.